The second-order valence-electron chi connectivity index (χ2n) is 9.26. The summed E-state index contributed by atoms with van der Waals surface area (Å²) in [6, 6.07) is 13.5. The number of hydrogen-bond donors (Lipinski definition) is 0. The summed E-state index contributed by atoms with van der Waals surface area (Å²) in [5.41, 5.74) is 0.778. The molecule has 0 aliphatic rings. The molecule has 0 fully saturated rings. The Kier molecular flexibility index (Phi) is 10.0. The molecule has 0 unspecified atom stereocenters. The highest BCUT2D eigenvalue weighted by Gasteiger charge is 2.26. The number of carbonyl (C=O) groups excluding carboxylic acids is 1. The predicted molar refractivity (Wildman–Crippen MR) is 161 cm³/mol. The van der Waals surface area contributed by atoms with Crippen molar-refractivity contribution in [2.75, 3.05) is 25.2 Å². The van der Waals surface area contributed by atoms with E-state index in [0.29, 0.717) is 24.4 Å². The van der Waals surface area contributed by atoms with E-state index in [1.807, 2.05) is 13.8 Å². The number of unbranched alkanes of at least 4 members (excludes halogenated alkanes) is 2. The number of nitro groups is 1. The van der Waals surface area contributed by atoms with Gasteiger partial charge in [-0.3, -0.25) is 14.9 Å². The van der Waals surface area contributed by atoms with E-state index >= 15 is 0 Å². The van der Waals surface area contributed by atoms with Gasteiger partial charge < -0.3 is 9.15 Å². The van der Waals surface area contributed by atoms with E-state index in [1.165, 1.54) is 58.3 Å². The third-order valence-corrected chi connectivity index (χ3v) is 9.22. The van der Waals surface area contributed by atoms with Gasteiger partial charge in [-0.15, -0.1) is 0 Å². The lowest BCUT2D eigenvalue weighted by Gasteiger charge is -2.22. The number of fused-ring (bicyclic) bond motifs is 1. The molecule has 4 rings (SSSR count). The summed E-state index contributed by atoms with van der Waals surface area (Å²) in [6.07, 6.45) is 4.41. The summed E-state index contributed by atoms with van der Waals surface area (Å²) < 4.78 is 39.4. The number of hydrazone groups is 1. The molecular weight excluding hydrogens is 582 g/mol. The van der Waals surface area contributed by atoms with Crippen molar-refractivity contribution in [1.82, 2.24) is 9.29 Å². The van der Waals surface area contributed by atoms with Crippen LogP contribution in [0.15, 0.2) is 69.0 Å². The Morgan fingerprint density at radius 1 is 1.10 bits per heavy atom. The van der Waals surface area contributed by atoms with E-state index in [4.69, 9.17) is 9.15 Å². The lowest BCUT2D eigenvalue weighted by molar-refractivity contribution is -0.402. The molecule has 0 spiro atoms. The Labute approximate surface area is 247 Å². The second-order valence-corrected chi connectivity index (χ2v) is 12.2. The zero-order valence-corrected chi connectivity index (χ0v) is 25.1. The molecule has 1 amide bonds. The fraction of sp³-hybridized carbons (Fsp3) is 0.321. The summed E-state index contributed by atoms with van der Waals surface area (Å²) in [6.45, 7) is 4.87. The molecule has 0 radical (unpaired) electrons. The predicted octanol–water partition coefficient (Wildman–Crippen LogP) is 6.08. The lowest BCUT2D eigenvalue weighted by atomic mass is 10.2. The maximum absolute atomic E-state index is 13.7. The van der Waals surface area contributed by atoms with Crippen LogP contribution in [-0.4, -0.2) is 55.0 Å². The molecule has 0 aliphatic carbocycles. The molecule has 0 N–H and O–H groups in total. The number of furan rings is 1. The van der Waals surface area contributed by atoms with Crippen molar-refractivity contribution in [2.24, 2.45) is 5.10 Å². The van der Waals surface area contributed by atoms with Gasteiger partial charge in [-0.05, 0) is 61.4 Å². The van der Waals surface area contributed by atoms with Crippen LogP contribution >= 0.6 is 11.3 Å². The number of anilines is 1. The van der Waals surface area contributed by atoms with E-state index in [2.05, 4.69) is 10.1 Å². The largest absolute Gasteiger partial charge is 0.497 e. The Morgan fingerprint density at radius 2 is 1.79 bits per heavy atom. The molecule has 4 aromatic rings. The fourth-order valence-electron chi connectivity index (χ4n) is 3.99. The topological polar surface area (TPSA) is 148 Å². The highest BCUT2D eigenvalue weighted by molar-refractivity contribution is 7.89. The van der Waals surface area contributed by atoms with Crippen LogP contribution in [0.3, 0.4) is 0 Å². The number of sulfonamides is 1. The minimum atomic E-state index is -3.75. The lowest BCUT2D eigenvalue weighted by Crippen LogP contribution is -2.33. The standard InChI is InChI=1S/C28H31N5O7S2/c1-4-6-16-31(17-7-5-2)42(37,38)23-12-8-20(9-13-23)27(34)32(29-19-22-11-15-26(40-22)33(35)36)28-30-24-14-10-21(39-3)18-25(24)41-28/h8-15,18-19H,4-7,16-17H2,1-3H3/b29-19+. The van der Waals surface area contributed by atoms with Crippen LogP contribution in [0.1, 0.15) is 55.6 Å². The van der Waals surface area contributed by atoms with Gasteiger partial charge in [0.2, 0.25) is 15.2 Å². The molecule has 0 atom stereocenters. The van der Waals surface area contributed by atoms with Crippen LogP contribution in [0, 0.1) is 10.1 Å². The molecular formula is C28H31N5O7S2. The highest BCUT2D eigenvalue weighted by Crippen LogP contribution is 2.32. The number of nitrogens with zero attached hydrogens (tertiary/aromatic N) is 5. The number of ether oxygens (including phenoxy) is 1. The summed E-state index contributed by atoms with van der Waals surface area (Å²) in [5.74, 6) is -0.380. The van der Waals surface area contributed by atoms with Gasteiger partial charge in [0.15, 0.2) is 5.76 Å². The highest BCUT2D eigenvalue weighted by atomic mass is 32.2. The number of benzene rings is 2. The zero-order valence-electron chi connectivity index (χ0n) is 23.4. The van der Waals surface area contributed by atoms with Crippen LogP contribution in [0.5, 0.6) is 5.75 Å². The molecule has 2 aromatic carbocycles. The number of aromatic nitrogens is 1. The quantitative estimate of drug-likeness (QED) is 0.0944. The first-order chi connectivity index (χ1) is 20.2. The summed E-state index contributed by atoms with van der Waals surface area (Å²) in [7, 11) is -2.20. The van der Waals surface area contributed by atoms with Crippen molar-refractivity contribution in [2.45, 2.75) is 44.4 Å². The van der Waals surface area contributed by atoms with E-state index in [0.717, 1.165) is 35.4 Å². The molecule has 0 aliphatic heterocycles. The second kappa shape index (κ2) is 13.7. The first-order valence-corrected chi connectivity index (χ1v) is 15.6. The van der Waals surface area contributed by atoms with Gasteiger partial charge in [0.25, 0.3) is 5.91 Å². The minimum absolute atomic E-state index is 0.0583. The van der Waals surface area contributed by atoms with Gasteiger partial charge in [-0.1, -0.05) is 38.0 Å². The molecule has 0 saturated heterocycles. The van der Waals surface area contributed by atoms with E-state index in [-0.39, 0.29) is 21.4 Å². The van der Waals surface area contributed by atoms with E-state index in [9.17, 15) is 23.3 Å². The normalized spacial score (nSPS) is 11.9. The molecule has 42 heavy (non-hydrogen) atoms. The van der Waals surface area contributed by atoms with Gasteiger partial charge in [0, 0.05) is 18.7 Å². The number of rotatable bonds is 14. The van der Waals surface area contributed by atoms with Crippen LogP contribution < -0.4 is 9.75 Å². The van der Waals surface area contributed by atoms with Gasteiger partial charge in [0.05, 0.1) is 34.5 Å². The Balaban J connectivity index is 1.67. The van der Waals surface area contributed by atoms with Gasteiger partial charge in [-0.2, -0.15) is 14.4 Å². The van der Waals surface area contributed by atoms with Crippen molar-refractivity contribution in [3.8, 4) is 5.75 Å². The zero-order chi connectivity index (χ0) is 30.3. The van der Waals surface area contributed by atoms with Crippen LogP contribution in [-0.2, 0) is 10.0 Å². The average Bonchev–Trinajstić information content (AvgIpc) is 3.64. The van der Waals surface area contributed by atoms with Gasteiger partial charge >= 0.3 is 5.88 Å². The summed E-state index contributed by atoms with van der Waals surface area (Å²) in [5, 5.41) is 16.5. The summed E-state index contributed by atoms with van der Waals surface area (Å²) >= 11 is 1.19. The smallest absolute Gasteiger partial charge is 0.433 e. The molecule has 2 aromatic heterocycles. The summed E-state index contributed by atoms with van der Waals surface area (Å²) in [4.78, 5) is 28.7. The Morgan fingerprint density at radius 3 is 2.38 bits per heavy atom. The van der Waals surface area contributed by atoms with E-state index < -0.39 is 26.7 Å². The Bertz CT molecular complexity index is 1670. The fourth-order valence-corrected chi connectivity index (χ4v) is 6.45. The van der Waals surface area contributed by atoms with Gasteiger partial charge in [0.1, 0.15) is 10.7 Å². The van der Waals surface area contributed by atoms with Gasteiger partial charge in [-0.25, -0.2) is 13.4 Å². The van der Waals surface area contributed by atoms with Crippen molar-refractivity contribution in [3.63, 3.8) is 0 Å². The van der Waals surface area contributed by atoms with Crippen molar-refractivity contribution in [1.29, 1.82) is 0 Å². The minimum Gasteiger partial charge on any atom is -0.497 e. The first-order valence-electron chi connectivity index (χ1n) is 13.3. The molecule has 0 bridgehead atoms. The number of carbonyl (C=O) groups is 1. The van der Waals surface area contributed by atoms with Crippen LogP contribution in [0.2, 0.25) is 0 Å². The number of methoxy groups -OCH3 is 1. The molecule has 14 heteroatoms. The van der Waals surface area contributed by atoms with Crippen molar-refractivity contribution in [3.05, 3.63) is 76.0 Å². The average molecular weight is 614 g/mol. The SMILES string of the molecule is CCCCN(CCCC)S(=O)(=O)c1ccc(C(=O)N(/N=C/c2ccc([N+](=O)[O-])o2)c2nc3ccc(OC)cc3s2)cc1. The number of thiazole rings is 1. The number of amides is 1. The Hall–Kier alpha value is -4.14. The first kappa shape index (κ1) is 30.8. The van der Waals surface area contributed by atoms with Crippen LogP contribution in [0.25, 0.3) is 10.2 Å². The molecule has 222 valence electrons. The molecule has 12 nitrogen and oxygen atoms in total. The number of hydrogen-bond acceptors (Lipinski definition) is 10. The molecule has 0 saturated carbocycles. The van der Waals surface area contributed by atoms with Crippen molar-refractivity contribution < 1.29 is 27.3 Å². The molecule has 2 heterocycles. The maximum atomic E-state index is 13.7. The monoisotopic (exact) mass is 613 g/mol. The van der Waals surface area contributed by atoms with Crippen molar-refractivity contribution >= 4 is 54.7 Å². The van der Waals surface area contributed by atoms with Crippen LogP contribution in [0.4, 0.5) is 11.0 Å². The third-order valence-electron chi connectivity index (χ3n) is 6.31. The maximum Gasteiger partial charge on any atom is 0.433 e. The van der Waals surface area contributed by atoms with E-state index in [1.54, 1.807) is 25.3 Å². The third kappa shape index (κ3) is 7.01.